The van der Waals surface area contributed by atoms with E-state index in [0.29, 0.717) is 48.3 Å². The lowest BCUT2D eigenvalue weighted by atomic mass is 9.95. The summed E-state index contributed by atoms with van der Waals surface area (Å²) in [5.41, 5.74) is 4.20. The van der Waals surface area contributed by atoms with E-state index in [1.165, 1.54) is 0 Å². The molecule has 0 aromatic heterocycles. The normalized spacial score (nSPS) is 12.5. The lowest BCUT2D eigenvalue weighted by molar-refractivity contribution is -0.130. The summed E-state index contributed by atoms with van der Waals surface area (Å²) < 4.78 is 0. The van der Waals surface area contributed by atoms with Gasteiger partial charge in [0.1, 0.15) is 6.04 Å². The second-order valence-corrected chi connectivity index (χ2v) is 13.8. The fourth-order valence-corrected chi connectivity index (χ4v) is 6.23. The number of nitrogens with one attached hydrogen (secondary N) is 4. The maximum absolute atomic E-state index is 14.2. The standard InChI is InChI=1S/C44H52N6O4/c1-6-22-50(29-33-18-12-9-13-19-33)44(54)37-25-35(39-21-15-14-20-34(39)27-45)24-36(26-37)42(52)48-38(23-32-16-10-8-11-17-32)28-47-31(5)41(51)49-40(30(3)4)43(53)46-7-2/h8-21,24-26,30-31,38,40,47H,6-7,22-23,28-29H2,1-5H3,(H,46,53)(H,48,52)(H,49,51)/t31-,38-,40-/m0/s1. The van der Waals surface area contributed by atoms with Crippen molar-refractivity contribution in [2.75, 3.05) is 19.6 Å². The smallest absolute Gasteiger partial charge is 0.254 e. The zero-order chi connectivity index (χ0) is 39.0. The van der Waals surface area contributed by atoms with Gasteiger partial charge in [0.05, 0.1) is 17.7 Å². The number of carbonyl (C=O) groups is 4. The predicted octanol–water partition coefficient (Wildman–Crippen LogP) is 5.87. The average molecular weight is 729 g/mol. The average Bonchev–Trinajstić information content (AvgIpc) is 3.18. The van der Waals surface area contributed by atoms with Gasteiger partial charge in [-0.3, -0.25) is 19.2 Å². The van der Waals surface area contributed by atoms with E-state index in [1.807, 2.05) is 100 Å². The van der Waals surface area contributed by atoms with Gasteiger partial charge in [-0.05, 0) is 79.1 Å². The Bertz CT molecular complexity index is 1910. The van der Waals surface area contributed by atoms with Crippen molar-refractivity contribution in [3.63, 3.8) is 0 Å². The molecule has 4 aromatic carbocycles. The largest absolute Gasteiger partial charge is 0.355 e. The number of amides is 4. The van der Waals surface area contributed by atoms with E-state index in [1.54, 1.807) is 42.2 Å². The van der Waals surface area contributed by atoms with Crippen LogP contribution in [-0.4, -0.2) is 66.3 Å². The molecule has 0 bridgehead atoms. The van der Waals surface area contributed by atoms with E-state index in [-0.39, 0.29) is 35.7 Å². The highest BCUT2D eigenvalue weighted by molar-refractivity contribution is 6.02. The number of hydrogen-bond acceptors (Lipinski definition) is 6. The van der Waals surface area contributed by atoms with Crippen molar-refractivity contribution in [2.45, 2.75) is 72.1 Å². The second kappa shape index (κ2) is 20.5. The first kappa shape index (κ1) is 41.0. The summed E-state index contributed by atoms with van der Waals surface area (Å²) in [5.74, 6) is -1.30. The SMILES string of the molecule is CCCN(Cc1ccccc1)C(=O)c1cc(C(=O)N[C@H](CN[C@@H](C)C(=O)N[C@H](C(=O)NCC)C(C)C)Cc2ccccc2)cc(-c2ccccc2C#N)c1. The first-order valence-electron chi connectivity index (χ1n) is 18.7. The molecule has 0 aliphatic heterocycles. The fourth-order valence-electron chi connectivity index (χ4n) is 6.23. The molecular weight excluding hydrogens is 677 g/mol. The molecule has 0 heterocycles. The molecule has 4 N–H and O–H groups in total. The van der Waals surface area contributed by atoms with E-state index in [0.717, 1.165) is 17.5 Å². The van der Waals surface area contributed by atoms with Gasteiger partial charge >= 0.3 is 0 Å². The predicted molar refractivity (Wildman–Crippen MR) is 212 cm³/mol. The topological polar surface area (TPSA) is 143 Å². The van der Waals surface area contributed by atoms with Crippen LogP contribution in [0.5, 0.6) is 0 Å². The molecule has 0 fully saturated rings. The number of rotatable bonds is 18. The van der Waals surface area contributed by atoms with Gasteiger partial charge in [-0.25, -0.2) is 0 Å². The van der Waals surface area contributed by atoms with E-state index in [9.17, 15) is 24.4 Å². The van der Waals surface area contributed by atoms with Gasteiger partial charge in [-0.2, -0.15) is 5.26 Å². The Hall–Kier alpha value is -5.79. The molecule has 4 rings (SSSR count). The minimum Gasteiger partial charge on any atom is -0.355 e. The van der Waals surface area contributed by atoms with Gasteiger partial charge in [0.2, 0.25) is 11.8 Å². The molecule has 0 aliphatic rings. The van der Waals surface area contributed by atoms with Crippen LogP contribution >= 0.6 is 0 Å². The number of likely N-dealkylation sites (N-methyl/N-ethyl adjacent to an activating group) is 1. The molecule has 0 saturated heterocycles. The molecule has 0 saturated carbocycles. The Morgan fingerprint density at radius 1 is 0.759 bits per heavy atom. The Kier molecular flexibility index (Phi) is 15.5. The summed E-state index contributed by atoms with van der Waals surface area (Å²) in [6.45, 7) is 10.9. The minimum absolute atomic E-state index is 0.113. The van der Waals surface area contributed by atoms with Gasteiger partial charge < -0.3 is 26.2 Å². The molecule has 10 nitrogen and oxygen atoms in total. The van der Waals surface area contributed by atoms with Crippen LogP contribution in [0.3, 0.4) is 0 Å². The highest BCUT2D eigenvalue weighted by Gasteiger charge is 2.27. The molecule has 0 unspecified atom stereocenters. The van der Waals surface area contributed by atoms with Crippen molar-refractivity contribution < 1.29 is 19.2 Å². The van der Waals surface area contributed by atoms with Crippen LogP contribution in [0.2, 0.25) is 0 Å². The molecule has 282 valence electrons. The molecular formula is C44H52N6O4. The Labute approximate surface area is 319 Å². The van der Waals surface area contributed by atoms with Crippen molar-refractivity contribution in [1.29, 1.82) is 5.26 Å². The van der Waals surface area contributed by atoms with E-state index < -0.39 is 24.0 Å². The molecule has 3 atom stereocenters. The van der Waals surface area contributed by atoms with Gasteiger partial charge in [-0.1, -0.05) is 99.6 Å². The third kappa shape index (κ3) is 11.6. The van der Waals surface area contributed by atoms with Crippen LogP contribution in [0, 0.1) is 17.2 Å². The Balaban J connectivity index is 1.64. The molecule has 10 heteroatoms. The van der Waals surface area contributed by atoms with Crippen molar-refractivity contribution in [1.82, 2.24) is 26.2 Å². The van der Waals surface area contributed by atoms with E-state index >= 15 is 0 Å². The van der Waals surface area contributed by atoms with Crippen LogP contribution in [0.1, 0.15) is 78.4 Å². The monoisotopic (exact) mass is 728 g/mol. The molecule has 54 heavy (non-hydrogen) atoms. The Morgan fingerprint density at radius 3 is 2.02 bits per heavy atom. The maximum Gasteiger partial charge on any atom is 0.254 e. The lowest BCUT2D eigenvalue weighted by Gasteiger charge is -2.26. The molecule has 0 radical (unpaired) electrons. The van der Waals surface area contributed by atoms with Crippen molar-refractivity contribution in [2.24, 2.45) is 5.92 Å². The second-order valence-electron chi connectivity index (χ2n) is 13.8. The summed E-state index contributed by atoms with van der Waals surface area (Å²) in [6, 6.07) is 32.1. The first-order valence-corrected chi connectivity index (χ1v) is 18.7. The van der Waals surface area contributed by atoms with Gasteiger partial charge in [0, 0.05) is 43.3 Å². The maximum atomic E-state index is 14.2. The van der Waals surface area contributed by atoms with Gasteiger partial charge in [0.15, 0.2) is 0 Å². The number of hydrogen-bond donors (Lipinski definition) is 4. The summed E-state index contributed by atoms with van der Waals surface area (Å²) >= 11 is 0. The van der Waals surface area contributed by atoms with Crippen LogP contribution in [-0.2, 0) is 22.6 Å². The fraction of sp³-hybridized carbons (Fsp3) is 0.341. The highest BCUT2D eigenvalue weighted by atomic mass is 16.2. The van der Waals surface area contributed by atoms with Crippen LogP contribution in [0.15, 0.2) is 103 Å². The first-order chi connectivity index (χ1) is 26.0. The van der Waals surface area contributed by atoms with Crippen LogP contribution in [0.25, 0.3) is 11.1 Å². The minimum atomic E-state index is -0.683. The molecule has 4 amide bonds. The third-order valence-corrected chi connectivity index (χ3v) is 9.12. The van der Waals surface area contributed by atoms with Crippen molar-refractivity contribution in [3.05, 3.63) is 131 Å². The van der Waals surface area contributed by atoms with Crippen molar-refractivity contribution in [3.8, 4) is 17.2 Å². The molecule has 4 aromatic rings. The zero-order valence-corrected chi connectivity index (χ0v) is 31.9. The summed E-state index contributed by atoms with van der Waals surface area (Å²) in [6.07, 6.45) is 1.21. The molecule has 0 spiro atoms. The number of benzene rings is 4. The summed E-state index contributed by atoms with van der Waals surface area (Å²) in [4.78, 5) is 56.0. The van der Waals surface area contributed by atoms with Gasteiger partial charge in [-0.15, -0.1) is 0 Å². The third-order valence-electron chi connectivity index (χ3n) is 9.12. The highest BCUT2D eigenvalue weighted by Crippen LogP contribution is 2.27. The van der Waals surface area contributed by atoms with Crippen LogP contribution in [0.4, 0.5) is 0 Å². The number of nitrogens with zero attached hydrogens (tertiary/aromatic N) is 2. The van der Waals surface area contributed by atoms with Gasteiger partial charge in [0.25, 0.3) is 11.8 Å². The Morgan fingerprint density at radius 2 is 1.39 bits per heavy atom. The zero-order valence-electron chi connectivity index (χ0n) is 31.9. The summed E-state index contributed by atoms with van der Waals surface area (Å²) in [5, 5.41) is 22.0. The van der Waals surface area contributed by atoms with Crippen LogP contribution < -0.4 is 21.3 Å². The van der Waals surface area contributed by atoms with E-state index in [4.69, 9.17) is 0 Å². The number of carbonyl (C=O) groups excluding carboxylic acids is 4. The van der Waals surface area contributed by atoms with Crippen molar-refractivity contribution >= 4 is 23.6 Å². The molecule has 0 aliphatic carbocycles. The summed E-state index contributed by atoms with van der Waals surface area (Å²) in [7, 11) is 0. The van der Waals surface area contributed by atoms with E-state index in [2.05, 4.69) is 27.3 Å². The quantitative estimate of drug-likeness (QED) is 0.101. The number of nitriles is 1. The lowest BCUT2D eigenvalue weighted by Crippen LogP contribution is -2.55.